The molecule has 2 aliphatic rings. The summed E-state index contributed by atoms with van der Waals surface area (Å²) in [6.45, 7) is 2.43. The molecule has 2 aromatic carbocycles. The fourth-order valence-corrected chi connectivity index (χ4v) is 4.54. The summed E-state index contributed by atoms with van der Waals surface area (Å²) in [5.41, 5.74) is 4.26. The Kier molecular flexibility index (Phi) is 3.81. The first-order valence-electron chi connectivity index (χ1n) is 8.08. The minimum atomic E-state index is 0.704. The van der Waals surface area contributed by atoms with Crippen LogP contribution in [0.3, 0.4) is 0 Å². The van der Waals surface area contributed by atoms with Gasteiger partial charge in [-0.25, -0.2) is 0 Å². The Hall–Kier alpha value is -1.51. The predicted octanol–water partition coefficient (Wildman–Crippen LogP) is 4.92. The van der Waals surface area contributed by atoms with Crippen LogP contribution in [0.1, 0.15) is 24.0 Å². The average molecular weight is 307 g/mol. The molecule has 2 aromatic rings. The molecule has 0 aliphatic carbocycles. The lowest BCUT2D eigenvalue weighted by Crippen LogP contribution is -2.29. The quantitative estimate of drug-likeness (QED) is 0.627. The molecule has 1 saturated heterocycles. The Labute approximate surface area is 137 Å². The van der Waals surface area contributed by atoms with Gasteiger partial charge in [-0.05, 0) is 67.7 Å². The lowest BCUT2D eigenvalue weighted by Gasteiger charge is -2.29. The Morgan fingerprint density at radius 3 is 2.05 bits per heavy atom. The minimum Gasteiger partial charge on any atom is -0.306 e. The number of rotatable bonds is 1. The van der Waals surface area contributed by atoms with Crippen molar-refractivity contribution in [3.63, 3.8) is 0 Å². The van der Waals surface area contributed by atoms with Crippen LogP contribution in [0.2, 0.25) is 0 Å². The molecule has 112 valence electrons. The van der Waals surface area contributed by atoms with Gasteiger partial charge < -0.3 is 4.90 Å². The molecular formula is C20H21NS. The van der Waals surface area contributed by atoms with Crippen molar-refractivity contribution in [1.82, 2.24) is 4.90 Å². The van der Waals surface area contributed by atoms with Gasteiger partial charge in [0.2, 0.25) is 0 Å². The van der Waals surface area contributed by atoms with Crippen molar-refractivity contribution in [2.45, 2.75) is 22.6 Å². The van der Waals surface area contributed by atoms with E-state index in [-0.39, 0.29) is 0 Å². The predicted molar refractivity (Wildman–Crippen MR) is 94.3 cm³/mol. The van der Waals surface area contributed by atoms with Crippen LogP contribution in [-0.2, 0) is 0 Å². The average Bonchev–Trinajstić information content (AvgIpc) is 2.56. The molecule has 0 saturated carbocycles. The molecule has 0 atom stereocenters. The SMILES string of the molecule is CN1CCC(C=C2c3ccccc3Sc3ccccc32)CC1. The molecule has 1 nitrogen and oxygen atoms in total. The number of benzene rings is 2. The molecule has 2 heterocycles. The van der Waals surface area contributed by atoms with Gasteiger partial charge in [-0.3, -0.25) is 0 Å². The first kappa shape index (κ1) is 14.1. The summed E-state index contributed by atoms with van der Waals surface area (Å²) in [6.07, 6.45) is 5.10. The number of allylic oxidation sites excluding steroid dienone is 1. The number of fused-ring (bicyclic) bond motifs is 2. The Morgan fingerprint density at radius 2 is 1.45 bits per heavy atom. The standard InChI is InChI=1S/C20H21NS/c1-21-12-10-15(11-13-21)14-18-16-6-2-4-8-19(16)22-20-9-5-3-7-17(18)20/h2-9,14-15H,10-13H2,1H3. The van der Waals surface area contributed by atoms with Gasteiger partial charge in [-0.15, -0.1) is 0 Å². The second-order valence-electron chi connectivity index (χ2n) is 6.32. The van der Waals surface area contributed by atoms with Gasteiger partial charge >= 0.3 is 0 Å². The molecule has 1 fully saturated rings. The number of hydrogen-bond acceptors (Lipinski definition) is 2. The largest absolute Gasteiger partial charge is 0.306 e. The summed E-state index contributed by atoms with van der Waals surface area (Å²) in [5, 5.41) is 0. The van der Waals surface area contributed by atoms with E-state index in [1.165, 1.54) is 52.4 Å². The van der Waals surface area contributed by atoms with Gasteiger partial charge in [0.15, 0.2) is 0 Å². The molecule has 0 unspecified atom stereocenters. The zero-order valence-corrected chi connectivity index (χ0v) is 13.8. The van der Waals surface area contributed by atoms with Crippen LogP contribution in [0.25, 0.3) is 5.57 Å². The smallest absolute Gasteiger partial charge is 0.0201 e. The zero-order chi connectivity index (χ0) is 14.9. The highest BCUT2D eigenvalue weighted by Gasteiger charge is 2.22. The minimum absolute atomic E-state index is 0.704. The summed E-state index contributed by atoms with van der Waals surface area (Å²) in [4.78, 5) is 5.22. The van der Waals surface area contributed by atoms with Gasteiger partial charge in [0, 0.05) is 9.79 Å². The molecule has 4 rings (SSSR count). The highest BCUT2D eigenvalue weighted by Crippen LogP contribution is 2.45. The van der Waals surface area contributed by atoms with Crippen molar-refractivity contribution in [2.75, 3.05) is 20.1 Å². The first-order chi connectivity index (χ1) is 10.8. The van der Waals surface area contributed by atoms with Crippen LogP contribution in [0.4, 0.5) is 0 Å². The lowest BCUT2D eigenvalue weighted by atomic mass is 9.89. The van der Waals surface area contributed by atoms with E-state index in [0.717, 1.165) is 0 Å². The maximum Gasteiger partial charge on any atom is 0.0201 e. The molecule has 2 aliphatic heterocycles. The van der Waals surface area contributed by atoms with E-state index in [1.54, 1.807) is 0 Å². The van der Waals surface area contributed by atoms with Crippen LogP contribution < -0.4 is 0 Å². The van der Waals surface area contributed by atoms with Gasteiger partial charge in [-0.2, -0.15) is 0 Å². The second kappa shape index (κ2) is 5.94. The Balaban J connectivity index is 1.77. The van der Waals surface area contributed by atoms with E-state index < -0.39 is 0 Å². The van der Waals surface area contributed by atoms with Crippen LogP contribution in [0, 0.1) is 5.92 Å². The number of piperidine rings is 1. The van der Waals surface area contributed by atoms with Crippen molar-refractivity contribution in [1.29, 1.82) is 0 Å². The van der Waals surface area contributed by atoms with E-state index in [9.17, 15) is 0 Å². The van der Waals surface area contributed by atoms with Crippen LogP contribution >= 0.6 is 11.8 Å². The summed E-state index contributed by atoms with van der Waals surface area (Å²) in [5.74, 6) is 0.704. The Bertz CT molecular complexity index is 664. The molecule has 0 radical (unpaired) electrons. The third-order valence-corrected chi connectivity index (χ3v) is 5.89. The highest BCUT2D eigenvalue weighted by molar-refractivity contribution is 7.99. The van der Waals surface area contributed by atoms with Crippen LogP contribution in [0.5, 0.6) is 0 Å². The van der Waals surface area contributed by atoms with Crippen molar-refractivity contribution in [3.05, 3.63) is 65.7 Å². The lowest BCUT2D eigenvalue weighted by molar-refractivity contribution is 0.244. The zero-order valence-electron chi connectivity index (χ0n) is 13.0. The van der Waals surface area contributed by atoms with Crippen molar-refractivity contribution in [3.8, 4) is 0 Å². The highest BCUT2D eigenvalue weighted by atomic mass is 32.2. The van der Waals surface area contributed by atoms with Crippen molar-refractivity contribution >= 4 is 17.3 Å². The van der Waals surface area contributed by atoms with Crippen molar-refractivity contribution < 1.29 is 0 Å². The van der Waals surface area contributed by atoms with Crippen molar-refractivity contribution in [2.24, 2.45) is 5.92 Å². The van der Waals surface area contributed by atoms with E-state index in [0.29, 0.717) is 5.92 Å². The molecule has 2 heteroatoms. The summed E-state index contributed by atoms with van der Waals surface area (Å²) in [7, 11) is 2.23. The number of likely N-dealkylation sites (tertiary alicyclic amines) is 1. The fraction of sp³-hybridized carbons (Fsp3) is 0.300. The normalized spacial score (nSPS) is 18.7. The van der Waals surface area contributed by atoms with Gasteiger partial charge in [-0.1, -0.05) is 54.2 Å². The van der Waals surface area contributed by atoms with E-state index in [1.807, 2.05) is 11.8 Å². The molecule has 22 heavy (non-hydrogen) atoms. The molecular weight excluding hydrogens is 286 g/mol. The third kappa shape index (κ3) is 2.62. The van der Waals surface area contributed by atoms with Crippen LogP contribution in [-0.4, -0.2) is 25.0 Å². The van der Waals surface area contributed by atoms with Gasteiger partial charge in [0.05, 0.1) is 0 Å². The van der Waals surface area contributed by atoms with E-state index in [4.69, 9.17) is 0 Å². The summed E-state index contributed by atoms with van der Waals surface area (Å²) >= 11 is 1.90. The number of hydrogen-bond donors (Lipinski definition) is 0. The molecule has 0 N–H and O–H groups in total. The van der Waals surface area contributed by atoms with Crippen LogP contribution in [0.15, 0.2) is 64.4 Å². The van der Waals surface area contributed by atoms with Gasteiger partial charge in [0.1, 0.15) is 0 Å². The maximum atomic E-state index is 2.55. The fourth-order valence-electron chi connectivity index (χ4n) is 3.43. The van der Waals surface area contributed by atoms with E-state index in [2.05, 4.69) is 66.6 Å². The topological polar surface area (TPSA) is 3.24 Å². The third-order valence-electron chi connectivity index (χ3n) is 4.74. The Morgan fingerprint density at radius 1 is 0.909 bits per heavy atom. The van der Waals surface area contributed by atoms with Gasteiger partial charge in [0.25, 0.3) is 0 Å². The molecule has 0 bridgehead atoms. The number of nitrogens with zero attached hydrogens (tertiary/aromatic N) is 1. The van der Waals surface area contributed by atoms with E-state index >= 15 is 0 Å². The molecule has 0 amide bonds. The molecule has 0 spiro atoms. The summed E-state index contributed by atoms with van der Waals surface area (Å²) in [6, 6.07) is 17.7. The molecule has 0 aromatic heterocycles. The monoisotopic (exact) mass is 307 g/mol. The first-order valence-corrected chi connectivity index (χ1v) is 8.90. The summed E-state index contributed by atoms with van der Waals surface area (Å²) < 4.78 is 0. The maximum absolute atomic E-state index is 2.55. The second-order valence-corrected chi connectivity index (χ2v) is 7.40.